The molecular weight excluding hydrogens is 198 g/mol. The van der Waals surface area contributed by atoms with E-state index in [-0.39, 0.29) is 5.91 Å². The van der Waals surface area contributed by atoms with Gasteiger partial charge in [-0.3, -0.25) is 14.8 Å². The molecule has 14 heavy (non-hydrogen) atoms. The van der Waals surface area contributed by atoms with Gasteiger partial charge in [0.15, 0.2) is 0 Å². The summed E-state index contributed by atoms with van der Waals surface area (Å²) >= 11 is 1.39. The van der Waals surface area contributed by atoms with Crippen LogP contribution in [-0.4, -0.2) is 15.9 Å². The summed E-state index contributed by atoms with van der Waals surface area (Å²) in [6.07, 6.45) is 4.78. The summed E-state index contributed by atoms with van der Waals surface area (Å²) in [6.45, 7) is 0. The summed E-state index contributed by atoms with van der Waals surface area (Å²) in [5.74, 6) is -0.142. The Morgan fingerprint density at radius 1 is 1.29 bits per heavy atom. The van der Waals surface area contributed by atoms with Crippen LogP contribution in [0.1, 0.15) is 10.4 Å². The first kappa shape index (κ1) is 8.83. The van der Waals surface area contributed by atoms with Gasteiger partial charge in [-0.05, 0) is 12.1 Å². The van der Waals surface area contributed by atoms with Gasteiger partial charge in [-0.2, -0.15) is 0 Å². The van der Waals surface area contributed by atoms with Crippen LogP contribution >= 0.6 is 11.3 Å². The summed E-state index contributed by atoms with van der Waals surface area (Å²) in [5.41, 5.74) is 2.26. The highest BCUT2D eigenvalue weighted by Crippen LogP contribution is 2.13. The third-order valence-corrected chi connectivity index (χ3v) is 2.30. The zero-order valence-electron chi connectivity index (χ0n) is 7.18. The molecule has 2 heterocycles. The zero-order valence-corrected chi connectivity index (χ0v) is 7.99. The predicted octanol–water partition coefficient (Wildman–Crippen LogP) is 1.79. The number of aromatic nitrogens is 2. The molecule has 0 bridgehead atoms. The molecule has 0 saturated heterocycles. The highest BCUT2D eigenvalue weighted by molar-refractivity contribution is 7.14. The lowest BCUT2D eigenvalue weighted by Gasteiger charge is -2.00. The fourth-order valence-corrected chi connectivity index (χ4v) is 1.47. The number of rotatable bonds is 2. The van der Waals surface area contributed by atoms with Gasteiger partial charge in [-0.1, -0.05) is 0 Å². The highest BCUT2D eigenvalue weighted by atomic mass is 32.1. The average molecular weight is 205 g/mol. The molecule has 0 saturated carbocycles. The summed E-state index contributed by atoms with van der Waals surface area (Å²) in [4.78, 5) is 19.2. The van der Waals surface area contributed by atoms with Crippen LogP contribution in [0.2, 0.25) is 0 Å². The number of carbonyl (C=O) groups excluding carboxylic acids is 1. The fourth-order valence-electron chi connectivity index (χ4n) is 0.965. The minimum atomic E-state index is -0.142. The molecule has 0 aromatic carbocycles. The third-order valence-electron chi connectivity index (χ3n) is 1.61. The maximum atomic E-state index is 11.6. The molecule has 2 rings (SSSR count). The Bertz CT molecular complexity index is 413. The summed E-state index contributed by atoms with van der Waals surface area (Å²) in [6, 6.07) is 3.33. The second-order valence-electron chi connectivity index (χ2n) is 2.56. The van der Waals surface area contributed by atoms with Crippen LogP contribution in [0.4, 0.5) is 5.00 Å². The van der Waals surface area contributed by atoms with Crippen molar-refractivity contribution in [3.8, 4) is 0 Å². The molecule has 70 valence electrons. The lowest BCUT2D eigenvalue weighted by molar-refractivity contribution is 0.102. The van der Waals surface area contributed by atoms with E-state index in [1.807, 2.05) is 0 Å². The fraction of sp³-hybridized carbons (Fsp3) is 0. The van der Waals surface area contributed by atoms with E-state index < -0.39 is 0 Å². The van der Waals surface area contributed by atoms with E-state index in [4.69, 9.17) is 0 Å². The van der Waals surface area contributed by atoms with Crippen LogP contribution < -0.4 is 5.32 Å². The molecule has 0 aliphatic rings. The van der Waals surface area contributed by atoms with E-state index >= 15 is 0 Å². The second kappa shape index (κ2) is 3.97. The van der Waals surface area contributed by atoms with Gasteiger partial charge < -0.3 is 5.32 Å². The Labute approximate surface area is 84.6 Å². The van der Waals surface area contributed by atoms with Gasteiger partial charge >= 0.3 is 0 Å². The number of nitrogens with zero attached hydrogens (tertiary/aromatic N) is 2. The van der Waals surface area contributed by atoms with Crippen molar-refractivity contribution in [1.82, 2.24) is 9.97 Å². The van der Waals surface area contributed by atoms with E-state index in [0.717, 1.165) is 5.00 Å². The summed E-state index contributed by atoms with van der Waals surface area (Å²) in [7, 11) is 0. The van der Waals surface area contributed by atoms with E-state index in [2.05, 4.69) is 15.3 Å². The molecule has 0 fully saturated rings. The first-order valence-corrected chi connectivity index (χ1v) is 4.84. The number of pyridine rings is 1. The second-order valence-corrected chi connectivity index (χ2v) is 3.44. The number of carbonyl (C=O) groups is 1. The Balaban J connectivity index is 2.11. The molecule has 2 aromatic heterocycles. The van der Waals surface area contributed by atoms with Crippen LogP contribution in [0.15, 0.2) is 36.2 Å². The lowest BCUT2D eigenvalue weighted by atomic mass is 10.2. The molecule has 0 radical (unpaired) electrons. The van der Waals surface area contributed by atoms with E-state index in [0.29, 0.717) is 5.56 Å². The van der Waals surface area contributed by atoms with Crippen LogP contribution in [0.25, 0.3) is 0 Å². The summed E-state index contributed by atoms with van der Waals surface area (Å²) in [5, 5.41) is 3.47. The molecule has 0 spiro atoms. The smallest absolute Gasteiger partial charge is 0.256 e. The van der Waals surface area contributed by atoms with Crippen molar-refractivity contribution in [3.63, 3.8) is 0 Å². The standard InChI is InChI=1S/C9H7N3OS/c13-9(7-1-3-10-4-2-7)12-8-5-11-6-14-8/h1-6H,(H,12,13). The Morgan fingerprint density at radius 2 is 2.07 bits per heavy atom. The predicted molar refractivity (Wildman–Crippen MR) is 54.3 cm³/mol. The van der Waals surface area contributed by atoms with Crippen LogP contribution in [-0.2, 0) is 0 Å². The van der Waals surface area contributed by atoms with Gasteiger partial charge in [0, 0.05) is 18.0 Å². The van der Waals surface area contributed by atoms with E-state index in [1.165, 1.54) is 11.3 Å². The van der Waals surface area contributed by atoms with Gasteiger partial charge in [0.05, 0.1) is 11.7 Å². The maximum absolute atomic E-state index is 11.6. The number of thiazole rings is 1. The first-order chi connectivity index (χ1) is 6.86. The van der Waals surface area contributed by atoms with Crippen molar-refractivity contribution < 1.29 is 4.79 Å². The minimum absolute atomic E-state index is 0.142. The molecule has 2 aromatic rings. The van der Waals surface area contributed by atoms with Gasteiger partial charge in [0.1, 0.15) is 5.00 Å². The Morgan fingerprint density at radius 3 is 2.71 bits per heavy atom. The molecule has 0 atom stereocenters. The van der Waals surface area contributed by atoms with Gasteiger partial charge in [0.25, 0.3) is 5.91 Å². The van der Waals surface area contributed by atoms with Crippen molar-refractivity contribution in [3.05, 3.63) is 41.8 Å². The number of hydrogen-bond donors (Lipinski definition) is 1. The molecule has 1 N–H and O–H groups in total. The highest BCUT2D eigenvalue weighted by Gasteiger charge is 2.05. The zero-order chi connectivity index (χ0) is 9.80. The maximum Gasteiger partial charge on any atom is 0.256 e. The number of nitrogens with one attached hydrogen (secondary N) is 1. The van der Waals surface area contributed by atoms with E-state index in [1.54, 1.807) is 36.2 Å². The Hall–Kier alpha value is -1.75. The molecule has 0 unspecified atom stereocenters. The van der Waals surface area contributed by atoms with Crippen molar-refractivity contribution in [2.45, 2.75) is 0 Å². The normalized spacial score (nSPS) is 9.71. The lowest BCUT2D eigenvalue weighted by Crippen LogP contribution is -2.10. The van der Waals surface area contributed by atoms with Gasteiger partial charge in [-0.25, -0.2) is 0 Å². The van der Waals surface area contributed by atoms with Crippen LogP contribution in [0.3, 0.4) is 0 Å². The van der Waals surface area contributed by atoms with Gasteiger partial charge in [0.2, 0.25) is 0 Å². The van der Waals surface area contributed by atoms with Crippen LogP contribution in [0, 0.1) is 0 Å². The number of amides is 1. The molecule has 1 amide bonds. The average Bonchev–Trinajstić information content (AvgIpc) is 2.72. The quantitative estimate of drug-likeness (QED) is 0.813. The van der Waals surface area contributed by atoms with E-state index in [9.17, 15) is 4.79 Å². The molecule has 0 aliphatic carbocycles. The SMILES string of the molecule is O=C(Nc1cncs1)c1ccncc1. The number of anilines is 1. The molecular formula is C9H7N3OS. The van der Waals surface area contributed by atoms with Crippen molar-refractivity contribution in [2.75, 3.05) is 5.32 Å². The largest absolute Gasteiger partial charge is 0.312 e. The minimum Gasteiger partial charge on any atom is -0.312 e. The molecule has 4 nitrogen and oxygen atoms in total. The topological polar surface area (TPSA) is 54.9 Å². The Kier molecular flexibility index (Phi) is 2.51. The van der Waals surface area contributed by atoms with Crippen molar-refractivity contribution in [2.24, 2.45) is 0 Å². The van der Waals surface area contributed by atoms with Gasteiger partial charge in [-0.15, -0.1) is 11.3 Å². The third kappa shape index (κ3) is 1.94. The van der Waals surface area contributed by atoms with Crippen molar-refractivity contribution >= 4 is 22.2 Å². The van der Waals surface area contributed by atoms with Crippen LogP contribution in [0.5, 0.6) is 0 Å². The number of hydrogen-bond acceptors (Lipinski definition) is 4. The molecule has 5 heteroatoms. The molecule has 0 aliphatic heterocycles. The summed E-state index contributed by atoms with van der Waals surface area (Å²) < 4.78 is 0. The monoisotopic (exact) mass is 205 g/mol. The van der Waals surface area contributed by atoms with Crippen molar-refractivity contribution in [1.29, 1.82) is 0 Å². The first-order valence-electron chi connectivity index (χ1n) is 3.96.